The number of amides is 2. The monoisotopic (exact) mass is 402 g/mol. The Bertz CT molecular complexity index is 1080. The molecule has 1 aromatic heterocycles. The average Bonchev–Trinajstić information content (AvgIpc) is 3.38. The van der Waals surface area contributed by atoms with Crippen LogP contribution in [0.15, 0.2) is 77.4 Å². The van der Waals surface area contributed by atoms with Gasteiger partial charge in [-0.3, -0.25) is 0 Å². The van der Waals surface area contributed by atoms with Crippen LogP contribution in [0.2, 0.25) is 0 Å². The molecule has 2 aliphatic heterocycles. The summed E-state index contributed by atoms with van der Waals surface area (Å²) >= 11 is 0. The van der Waals surface area contributed by atoms with Crippen molar-refractivity contribution in [3.63, 3.8) is 0 Å². The largest absolute Gasteiger partial charge is 0.467 e. The number of carbonyl (C=O) groups excluding carboxylic acids is 1. The van der Waals surface area contributed by atoms with E-state index in [4.69, 9.17) is 4.42 Å². The highest BCUT2D eigenvalue weighted by Crippen LogP contribution is 2.39. The van der Waals surface area contributed by atoms with Gasteiger partial charge in [-0.2, -0.15) is 0 Å². The average molecular weight is 402 g/mol. The number of nitrogens with zero attached hydrogens (tertiary/aromatic N) is 1. The normalized spacial score (nSPS) is 20.2. The van der Waals surface area contributed by atoms with E-state index in [9.17, 15) is 9.18 Å². The second-order valence-electron chi connectivity index (χ2n) is 7.90. The summed E-state index contributed by atoms with van der Waals surface area (Å²) in [6.45, 7) is 0.379. The van der Waals surface area contributed by atoms with Crippen molar-refractivity contribution in [2.45, 2.75) is 37.9 Å². The van der Waals surface area contributed by atoms with E-state index in [-0.39, 0.29) is 23.9 Å². The molecular weight excluding hydrogens is 379 g/mol. The maximum Gasteiger partial charge on any atom is 0.318 e. The van der Waals surface area contributed by atoms with Crippen molar-refractivity contribution in [3.05, 3.63) is 90.1 Å². The molecule has 0 radical (unpaired) electrons. The van der Waals surface area contributed by atoms with Gasteiger partial charge >= 0.3 is 6.03 Å². The van der Waals surface area contributed by atoms with Gasteiger partial charge in [-0.05, 0) is 54.2 Å². The van der Waals surface area contributed by atoms with E-state index in [0.29, 0.717) is 12.1 Å². The highest BCUT2D eigenvalue weighted by atomic mass is 19.1. The third-order valence-electron chi connectivity index (χ3n) is 6.05. The maximum absolute atomic E-state index is 14.8. The van der Waals surface area contributed by atoms with Crippen molar-refractivity contribution in [1.82, 2.24) is 10.2 Å². The fourth-order valence-electron chi connectivity index (χ4n) is 4.59. The summed E-state index contributed by atoms with van der Waals surface area (Å²) in [6.07, 6.45) is 6.38. The number of hydrogen-bond acceptors (Lipinski definition) is 2. The Morgan fingerprint density at radius 3 is 2.67 bits per heavy atom. The van der Waals surface area contributed by atoms with Crippen LogP contribution in [-0.2, 0) is 6.54 Å². The van der Waals surface area contributed by atoms with Crippen LogP contribution in [0.1, 0.15) is 30.6 Å². The Morgan fingerprint density at radius 2 is 1.93 bits per heavy atom. The highest BCUT2D eigenvalue weighted by molar-refractivity contribution is 5.79. The summed E-state index contributed by atoms with van der Waals surface area (Å²) in [6, 6.07) is 18.8. The summed E-state index contributed by atoms with van der Waals surface area (Å²) in [7, 11) is 0. The number of hydrogen-bond donors (Lipinski definition) is 1. The molecule has 152 valence electrons. The SMILES string of the molecule is O=C(NCc1ccco1)N1C2C=C(c3ccc(-c4ccccc4)c(F)c3)CC1CC2. The van der Waals surface area contributed by atoms with Crippen LogP contribution in [0.25, 0.3) is 16.7 Å². The molecule has 0 spiro atoms. The van der Waals surface area contributed by atoms with Crippen molar-refractivity contribution < 1.29 is 13.6 Å². The number of urea groups is 1. The van der Waals surface area contributed by atoms with Gasteiger partial charge in [0.15, 0.2) is 0 Å². The lowest BCUT2D eigenvalue weighted by Gasteiger charge is -2.34. The van der Waals surface area contributed by atoms with E-state index in [0.717, 1.165) is 41.7 Å². The molecule has 3 aromatic rings. The van der Waals surface area contributed by atoms with Gasteiger partial charge in [0, 0.05) is 11.6 Å². The predicted molar refractivity (Wildman–Crippen MR) is 114 cm³/mol. The van der Waals surface area contributed by atoms with Gasteiger partial charge < -0.3 is 14.6 Å². The molecule has 4 nitrogen and oxygen atoms in total. The Kier molecular flexibility index (Phi) is 4.87. The summed E-state index contributed by atoms with van der Waals surface area (Å²) in [5.41, 5.74) is 3.51. The molecule has 1 fully saturated rings. The minimum atomic E-state index is -0.217. The number of rotatable bonds is 4. The lowest BCUT2D eigenvalue weighted by molar-refractivity contribution is 0.178. The number of furan rings is 1. The Balaban J connectivity index is 1.33. The van der Waals surface area contributed by atoms with Gasteiger partial charge in [-0.15, -0.1) is 0 Å². The van der Waals surface area contributed by atoms with Crippen LogP contribution in [0.3, 0.4) is 0 Å². The van der Waals surface area contributed by atoms with Gasteiger partial charge in [0.1, 0.15) is 11.6 Å². The molecule has 1 N–H and O–H groups in total. The van der Waals surface area contributed by atoms with E-state index in [1.54, 1.807) is 12.3 Å². The lowest BCUT2D eigenvalue weighted by Crippen LogP contribution is -2.48. The minimum absolute atomic E-state index is 0.0483. The first-order valence-corrected chi connectivity index (χ1v) is 10.3. The number of halogens is 1. The Morgan fingerprint density at radius 1 is 1.07 bits per heavy atom. The van der Waals surface area contributed by atoms with Gasteiger partial charge in [0.25, 0.3) is 0 Å². The van der Waals surface area contributed by atoms with Crippen molar-refractivity contribution in [1.29, 1.82) is 0 Å². The zero-order valence-electron chi connectivity index (χ0n) is 16.6. The zero-order chi connectivity index (χ0) is 20.5. The third-order valence-corrected chi connectivity index (χ3v) is 6.05. The van der Waals surface area contributed by atoms with Crippen molar-refractivity contribution >= 4 is 11.6 Å². The lowest BCUT2D eigenvalue weighted by atomic mass is 9.93. The van der Waals surface area contributed by atoms with Crippen LogP contribution < -0.4 is 5.32 Å². The summed E-state index contributed by atoms with van der Waals surface area (Å²) < 4.78 is 20.1. The molecule has 1 saturated heterocycles. The number of benzene rings is 2. The molecule has 2 unspecified atom stereocenters. The van der Waals surface area contributed by atoms with Crippen LogP contribution in [-0.4, -0.2) is 23.0 Å². The van der Waals surface area contributed by atoms with Crippen LogP contribution in [0, 0.1) is 5.82 Å². The molecule has 5 heteroatoms. The number of nitrogens with one attached hydrogen (secondary N) is 1. The highest BCUT2D eigenvalue weighted by Gasteiger charge is 2.39. The molecule has 2 aromatic carbocycles. The molecule has 3 heterocycles. The molecule has 2 bridgehead atoms. The van der Waals surface area contributed by atoms with Crippen molar-refractivity contribution in [3.8, 4) is 11.1 Å². The quantitative estimate of drug-likeness (QED) is 0.616. The molecular formula is C25H23FN2O2. The fourth-order valence-corrected chi connectivity index (χ4v) is 4.59. The van der Waals surface area contributed by atoms with E-state index >= 15 is 0 Å². The molecule has 2 atom stereocenters. The minimum Gasteiger partial charge on any atom is -0.467 e. The second kappa shape index (κ2) is 7.82. The summed E-state index contributed by atoms with van der Waals surface area (Å²) in [5.74, 6) is 0.517. The first kappa shape index (κ1) is 18.7. The number of carbonyl (C=O) groups is 1. The van der Waals surface area contributed by atoms with Gasteiger partial charge in [-0.1, -0.05) is 48.5 Å². The Labute approximate surface area is 175 Å². The second-order valence-corrected chi connectivity index (χ2v) is 7.90. The predicted octanol–water partition coefficient (Wildman–Crippen LogP) is 5.62. The van der Waals surface area contributed by atoms with E-state index in [2.05, 4.69) is 11.4 Å². The molecule has 5 rings (SSSR count). The Hall–Kier alpha value is -3.34. The van der Waals surface area contributed by atoms with Crippen LogP contribution in [0.4, 0.5) is 9.18 Å². The maximum atomic E-state index is 14.8. The third kappa shape index (κ3) is 3.52. The fraction of sp³-hybridized carbons (Fsp3) is 0.240. The van der Waals surface area contributed by atoms with E-state index in [1.165, 1.54) is 0 Å². The molecule has 0 aliphatic carbocycles. The van der Waals surface area contributed by atoms with E-state index in [1.807, 2.05) is 59.5 Å². The number of fused-ring (bicyclic) bond motifs is 2. The molecule has 2 aliphatic rings. The topological polar surface area (TPSA) is 45.5 Å². The molecule has 30 heavy (non-hydrogen) atoms. The van der Waals surface area contributed by atoms with Crippen molar-refractivity contribution in [2.75, 3.05) is 0 Å². The van der Waals surface area contributed by atoms with E-state index < -0.39 is 0 Å². The van der Waals surface area contributed by atoms with Crippen LogP contribution >= 0.6 is 0 Å². The standard InChI is InChI=1S/C25H23FN2O2/c26-24-15-18(8-11-23(24)17-5-2-1-3-6-17)19-13-20-9-10-21(14-19)28(20)25(29)27-16-22-7-4-12-30-22/h1-8,11-13,15,20-21H,9-10,14,16H2,(H,27,29). The first-order valence-electron chi connectivity index (χ1n) is 10.3. The van der Waals surface area contributed by atoms with Gasteiger partial charge in [0.2, 0.25) is 0 Å². The van der Waals surface area contributed by atoms with Gasteiger partial charge in [0.05, 0.1) is 18.8 Å². The molecule has 0 saturated carbocycles. The summed E-state index contributed by atoms with van der Waals surface area (Å²) in [5, 5.41) is 2.95. The molecule has 2 amide bonds. The smallest absolute Gasteiger partial charge is 0.318 e. The van der Waals surface area contributed by atoms with Gasteiger partial charge in [-0.25, -0.2) is 9.18 Å². The summed E-state index contributed by atoms with van der Waals surface area (Å²) in [4.78, 5) is 14.7. The van der Waals surface area contributed by atoms with Crippen LogP contribution in [0.5, 0.6) is 0 Å². The zero-order valence-corrected chi connectivity index (χ0v) is 16.6. The van der Waals surface area contributed by atoms with Crippen molar-refractivity contribution in [2.24, 2.45) is 0 Å². The first-order chi connectivity index (χ1) is 14.7.